The summed E-state index contributed by atoms with van der Waals surface area (Å²) >= 11 is 0. The smallest absolute Gasteiger partial charge is 0.243 e. The van der Waals surface area contributed by atoms with Crippen LogP contribution in [-0.2, 0) is 11.2 Å². The topological polar surface area (TPSA) is 32.3 Å². The van der Waals surface area contributed by atoms with Gasteiger partial charge in [-0.1, -0.05) is 48.0 Å². The van der Waals surface area contributed by atoms with Gasteiger partial charge in [0, 0.05) is 17.9 Å². The van der Waals surface area contributed by atoms with E-state index in [4.69, 9.17) is 0 Å². The Morgan fingerprint density at radius 2 is 1.88 bits per heavy atom. The van der Waals surface area contributed by atoms with E-state index >= 15 is 0 Å². The van der Waals surface area contributed by atoms with Gasteiger partial charge in [-0.3, -0.25) is 4.79 Å². The third-order valence-corrected chi connectivity index (χ3v) is 4.82. The van der Waals surface area contributed by atoms with Crippen LogP contribution in [0.3, 0.4) is 0 Å². The molecule has 4 rings (SSSR count). The van der Waals surface area contributed by atoms with Crippen LogP contribution in [0, 0.1) is 6.92 Å². The second-order valence-corrected chi connectivity index (χ2v) is 6.77. The number of anilines is 2. The van der Waals surface area contributed by atoms with Crippen LogP contribution < -0.4 is 10.2 Å². The van der Waals surface area contributed by atoms with E-state index in [2.05, 4.69) is 47.5 Å². The minimum absolute atomic E-state index is 0.0312. The van der Waals surface area contributed by atoms with Gasteiger partial charge in [0.2, 0.25) is 5.91 Å². The number of carbonyl (C=O) groups excluding carboxylic acids is 1. The zero-order valence-electron chi connectivity index (χ0n) is 14.5. The van der Waals surface area contributed by atoms with Crippen LogP contribution in [0.2, 0.25) is 0 Å². The molecule has 0 unspecified atom stereocenters. The normalized spacial score (nSPS) is 13.6. The third-order valence-electron chi connectivity index (χ3n) is 4.82. The van der Waals surface area contributed by atoms with Gasteiger partial charge in [0.15, 0.2) is 0 Å². The number of benzene rings is 3. The molecule has 0 radical (unpaired) electrons. The Morgan fingerprint density at radius 3 is 2.76 bits per heavy atom. The number of nitrogens with one attached hydrogen (secondary N) is 1. The lowest BCUT2D eigenvalue weighted by molar-refractivity contribution is -0.115. The Morgan fingerprint density at radius 1 is 1.04 bits per heavy atom. The highest BCUT2D eigenvalue weighted by Crippen LogP contribution is 2.28. The predicted octanol–water partition coefficient (Wildman–Crippen LogP) is 4.54. The first-order chi connectivity index (χ1) is 12.2. The number of hydrogen-bond donors (Lipinski definition) is 1. The van der Waals surface area contributed by atoms with Crippen molar-refractivity contribution >= 4 is 28.1 Å². The van der Waals surface area contributed by atoms with E-state index in [-0.39, 0.29) is 5.91 Å². The molecule has 1 aliphatic rings. The van der Waals surface area contributed by atoms with Gasteiger partial charge in [-0.15, -0.1) is 0 Å². The summed E-state index contributed by atoms with van der Waals surface area (Å²) in [5.74, 6) is 0.0312. The lowest BCUT2D eigenvalue weighted by atomic mass is 9.99. The van der Waals surface area contributed by atoms with Gasteiger partial charge in [-0.25, -0.2) is 0 Å². The number of amides is 1. The molecule has 0 aromatic heterocycles. The van der Waals surface area contributed by atoms with E-state index in [9.17, 15) is 4.79 Å². The standard InChI is InChI=1S/C22H22N2O/c1-16-8-11-21-19(13-16)7-4-12-24(21)15-22(25)23-20-10-9-17-5-2-3-6-18(17)14-20/h2-3,5-6,8-11,13-14H,4,7,12,15H2,1H3,(H,23,25). The quantitative estimate of drug-likeness (QED) is 0.765. The highest BCUT2D eigenvalue weighted by molar-refractivity contribution is 5.96. The Hall–Kier alpha value is -2.81. The summed E-state index contributed by atoms with van der Waals surface area (Å²) in [6, 6.07) is 20.7. The fourth-order valence-corrected chi connectivity index (χ4v) is 3.61. The summed E-state index contributed by atoms with van der Waals surface area (Å²) in [6.45, 7) is 3.44. The predicted molar refractivity (Wildman–Crippen MR) is 104 cm³/mol. The fourth-order valence-electron chi connectivity index (χ4n) is 3.61. The molecule has 3 aromatic rings. The van der Waals surface area contributed by atoms with Crippen molar-refractivity contribution in [1.82, 2.24) is 0 Å². The fraction of sp³-hybridized carbons (Fsp3) is 0.227. The third kappa shape index (κ3) is 3.36. The van der Waals surface area contributed by atoms with E-state index in [0.717, 1.165) is 30.5 Å². The Labute approximate surface area is 148 Å². The summed E-state index contributed by atoms with van der Waals surface area (Å²) in [5, 5.41) is 5.36. The maximum atomic E-state index is 12.5. The van der Waals surface area contributed by atoms with Gasteiger partial charge in [0.1, 0.15) is 0 Å². The molecule has 126 valence electrons. The summed E-state index contributed by atoms with van der Waals surface area (Å²) < 4.78 is 0. The monoisotopic (exact) mass is 330 g/mol. The van der Waals surface area contributed by atoms with Gasteiger partial charge in [0.25, 0.3) is 0 Å². The lowest BCUT2D eigenvalue weighted by Gasteiger charge is -2.31. The molecule has 1 heterocycles. The molecule has 1 amide bonds. The SMILES string of the molecule is Cc1ccc2c(c1)CCCN2CC(=O)Nc1ccc2ccccc2c1. The van der Waals surface area contributed by atoms with Crippen molar-refractivity contribution < 1.29 is 4.79 Å². The molecule has 1 N–H and O–H groups in total. The zero-order chi connectivity index (χ0) is 17.2. The van der Waals surface area contributed by atoms with Gasteiger partial charge < -0.3 is 10.2 Å². The minimum atomic E-state index is 0.0312. The molecule has 1 aliphatic heterocycles. The molecule has 3 nitrogen and oxygen atoms in total. The molecular weight excluding hydrogens is 308 g/mol. The van der Waals surface area contributed by atoms with Crippen LogP contribution in [0.25, 0.3) is 10.8 Å². The molecule has 3 aromatic carbocycles. The average Bonchev–Trinajstić information content (AvgIpc) is 2.61. The molecule has 25 heavy (non-hydrogen) atoms. The average molecular weight is 330 g/mol. The van der Waals surface area contributed by atoms with E-state index in [1.165, 1.54) is 22.2 Å². The van der Waals surface area contributed by atoms with E-state index < -0.39 is 0 Å². The number of carbonyl (C=O) groups is 1. The Kier molecular flexibility index (Phi) is 4.14. The van der Waals surface area contributed by atoms with Crippen LogP contribution in [0.4, 0.5) is 11.4 Å². The molecule has 0 spiro atoms. The van der Waals surface area contributed by atoms with Crippen LogP contribution in [0.1, 0.15) is 17.5 Å². The van der Waals surface area contributed by atoms with Crippen LogP contribution >= 0.6 is 0 Å². The number of hydrogen-bond acceptors (Lipinski definition) is 2. The molecule has 0 bridgehead atoms. The Bertz CT molecular complexity index is 932. The molecule has 0 fully saturated rings. The zero-order valence-corrected chi connectivity index (χ0v) is 14.5. The molecule has 0 saturated heterocycles. The number of rotatable bonds is 3. The molecular formula is C22H22N2O. The van der Waals surface area contributed by atoms with Gasteiger partial charge in [-0.05, 0) is 54.3 Å². The van der Waals surface area contributed by atoms with Crippen molar-refractivity contribution in [2.24, 2.45) is 0 Å². The molecule has 3 heteroatoms. The number of nitrogens with zero attached hydrogens (tertiary/aromatic N) is 1. The van der Waals surface area contributed by atoms with Crippen molar-refractivity contribution in [2.75, 3.05) is 23.3 Å². The first kappa shape index (κ1) is 15.7. The van der Waals surface area contributed by atoms with Crippen LogP contribution in [-0.4, -0.2) is 19.0 Å². The van der Waals surface area contributed by atoms with E-state index in [1.54, 1.807) is 0 Å². The molecule has 0 aliphatic carbocycles. The highest BCUT2D eigenvalue weighted by atomic mass is 16.2. The van der Waals surface area contributed by atoms with E-state index in [1.807, 2.05) is 30.3 Å². The second kappa shape index (κ2) is 6.60. The minimum Gasteiger partial charge on any atom is -0.362 e. The van der Waals surface area contributed by atoms with Crippen LogP contribution in [0.15, 0.2) is 60.7 Å². The van der Waals surface area contributed by atoms with Gasteiger partial charge >= 0.3 is 0 Å². The first-order valence-electron chi connectivity index (χ1n) is 8.82. The molecule has 0 atom stereocenters. The van der Waals surface area contributed by atoms with E-state index in [0.29, 0.717) is 6.54 Å². The maximum absolute atomic E-state index is 12.5. The van der Waals surface area contributed by atoms with Crippen molar-refractivity contribution in [1.29, 1.82) is 0 Å². The summed E-state index contributed by atoms with van der Waals surface area (Å²) in [5.41, 5.74) is 4.68. The second-order valence-electron chi connectivity index (χ2n) is 6.77. The highest BCUT2D eigenvalue weighted by Gasteiger charge is 2.19. The number of fused-ring (bicyclic) bond motifs is 2. The van der Waals surface area contributed by atoms with Crippen LogP contribution in [0.5, 0.6) is 0 Å². The summed E-state index contributed by atoms with van der Waals surface area (Å²) in [7, 11) is 0. The number of aryl methyl sites for hydroxylation is 2. The van der Waals surface area contributed by atoms with Crippen molar-refractivity contribution in [3.05, 3.63) is 71.8 Å². The summed E-state index contributed by atoms with van der Waals surface area (Å²) in [6.07, 6.45) is 2.19. The van der Waals surface area contributed by atoms with Crippen molar-refractivity contribution in [3.8, 4) is 0 Å². The van der Waals surface area contributed by atoms with Gasteiger partial charge in [0.05, 0.1) is 6.54 Å². The first-order valence-corrected chi connectivity index (χ1v) is 8.82. The lowest BCUT2D eigenvalue weighted by Crippen LogP contribution is -2.36. The van der Waals surface area contributed by atoms with Crippen molar-refractivity contribution in [2.45, 2.75) is 19.8 Å². The Balaban J connectivity index is 1.49. The largest absolute Gasteiger partial charge is 0.362 e. The molecule has 0 saturated carbocycles. The summed E-state index contributed by atoms with van der Waals surface area (Å²) in [4.78, 5) is 14.7. The van der Waals surface area contributed by atoms with Crippen molar-refractivity contribution in [3.63, 3.8) is 0 Å². The van der Waals surface area contributed by atoms with Gasteiger partial charge in [-0.2, -0.15) is 0 Å². The maximum Gasteiger partial charge on any atom is 0.243 e.